The van der Waals surface area contributed by atoms with Gasteiger partial charge >= 0.3 is 0 Å². The molecule has 0 aromatic heterocycles. The highest BCUT2D eigenvalue weighted by Gasteiger charge is 2.34. The highest BCUT2D eigenvalue weighted by Crippen LogP contribution is 2.28. The molecule has 1 aliphatic heterocycles. The minimum Gasteiger partial charge on any atom is -0.312 e. The molecule has 0 aliphatic carbocycles. The first-order chi connectivity index (χ1) is 13.0. The number of carbonyl (C=O) groups is 1. The van der Waals surface area contributed by atoms with Gasteiger partial charge in [-0.05, 0) is 55.0 Å². The van der Waals surface area contributed by atoms with Crippen LogP contribution in [0.2, 0.25) is 0 Å². The van der Waals surface area contributed by atoms with Gasteiger partial charge in [-0.25, -0.2) is 21.2 Å². The SMILES string of the molecule is CC1CCN(c2ccc(S(=O)(=O)N(C)S(=O)(=O)c3ccc(F)cc3)cc2)C1=O. The van der Waals surface area contributed by atoms with E-state index >= 15 is 0 Å². The standard InChI is InChI=1S/C18H19FN2O5S2/c1-13-11-12-21(18(13)22)15-5-9-17(10-6-15)28(25,26)20(2)27(23,24)16-7-3-14(19)4-8-16/h3-10,13H,11-12H2,1-2H3. The fourth-order valence-electron chi connectivity index (χ4n) is 2.91. The van der Waals surface area contributed by atoms with Crippen molar-refractivity contribution in [2.45, 2.75) is 23.1 Å². The third kappa shape index (κ3) is 3.54. The lowest BCUT2D eigenvalue weighted by molar-refractivity contribution is -0.119. The maximum absolute atomic E-state index is 13.0. The molecule has 0 saturated carbocycles. The summed E-state index contributed by atoms with van der Waals surface area (Å²) >= 11 is 0. The number of nitrogens with zero attached hydrogens (tertiary/aromatic N) is 2. The van der Waals surface area contributed by atoms with E-state index < -0.39 is 25.9 Å². The topological polar surface area (TPSA) is 91.8 Å². The van der Waals surface area contributed by atoms with Gasteiger partial charge in [0.25, 0.3) is 20.0 Å². The average Bonchev–Trinajstić information content (AvgIpc) is 3.00. The summed E-state index contributed by atoms with van der Waals surface area (Å²) in [6.07, 6.45) is 0.720. The maximum Gasteiger partial charge on any atom is 0.256 e. The van der Waals surface area contributed by atoms with Crippen LogP contribution in [0.25, 0.3) is 0 Å². The lowest BCUT2D eigenvalue weighted by atomic mass is 10.1. The van der Waals surface area contributed by atoms with E-state index in [0.717, 1.165) is 37.7 Å². The van der Waals surface area contributed by atoms with Gasteiger partial charge in [-0.1, -0.05) is 10.6 Å². The summed E-state index contributed by atoms with van der Waals surface area (Å²) in [6, 6.07) is 9.35. The van der Waals surface area contributed by atoms with Crippen LogP contribution in [-0.4, -0.2) is 40.0 Å². The molecule has 1 amide bonds. The summed E-state index contributed by atoms with van der Waals surface area (Å²) < 4.78 is 64.0. The van der Waals surface area contributed by atoms with Gasteiger partial charge in [-0.3, -0.25) is 4.79 Å². The van der Waals surface area contributed by atoms with Gasteiger partial charge < -0.3 is 4.90 Å². The van der Waals surface area contributed by atoms with Crippen LogP contribution >= 0.6 is 0 Å². The molecule has 1 saturated heterocycles. The Morgan fingerprint density at radius 2 is 1.39 bits per heavy atom. The number of carbonyl (C=O) groups excluding carboxylic acids is 1. The van der Waals surface area contributed by atoms with E-state index in [1.54, 1.807) is 4.90 Å². The summed E-state index contributed by atoms with van der Waals surface area (Å²) in [5, 5.41) is 0. The molecule has 1 fully saturated rings. The van der Waals surface area contributed by atoms with Crippen molar-refractivity contribution in [3.8, 4) is 0 Å². The Morgan fingerprint density at radius 1 is 0.929 bits per heavy atom. The molecule has 0 spiro atoms. The molecule has 1 heterocycles. The van der Waals surface area contributed by atoms with Gasteiger partial charge in [0.1, 0.15) is 5.82 Å². The van der Waals surface area contributed by atoms with E-state index in [0.29, 0.717) is 12.2 Å². The minimum atomic E-state index is -4.39. The highest BCUT2D eigenvalue weighted by atomic mass is 32.3. The Balaban J connectivity index is 1.90. The molecule has 0 N–H and O–H groups in total. The van der Waals surface area contributed by atoms with Crippen LogP contribution in [0.1, 0.15) is 13.3 Å². The van der Waals surface area contributed by atoms with Gasteiger partial charge in [-0.15, -0.1) is 0 Å². The predicted octanol–water partition coefficient (Wildman–Crippen LogP) is 2.21. The Morgan fingerprint density at radius 3 is 1.82 bits per heavy atom. The van der Waals surface area contributed by atoms with Crippen LogP contribution in [-0.2, 0) is 24.8 Å². The first kappa shape index (κ1) is 20.4. The van der Waals surface area contributed by atoms with E-state index in [-0.39, 0.29) is 25.3 Å². The first-order valence-corrected chi connectivity index (χ1v) is 11.3. The second kappa shape index (κ2) is 7.26. The average molecular weight is 426 g/mol. The number of anilines is 1. The number of amides is 1. The monoisotopic (exact) mass is 426 g/mol. The molecule has 7 nitrogen and oxygen atoms in total. The predicted molar refractivity (Wildman–Crippen MR) is 101 cm³/mol. The molecule has 150 valence electrons. The number of benzene rings is 2. The van der Waals surface area contributed by atoms with Crippen molar-refractivity contribution in [3.05, 3.63) is 54.3 Å². The van der Waals surface area contributed by atoms with Crippen molar-refractivity contribution in [3.63, 3.8) is 0 Å². The third-order valence-electron chi connectivity index (χ3n) is 4.71. The van der Waals surface area contributed by atoms with Crippen LogP contribution in [0.3, 0.4) is 0 Å². The summed E-state index contributed by atoms with van der Waals surface area (Å²) in [4.78, 5) is 13.1. The molecule has 0 radical (unpaired) electrons. The fraction of sp³-hybridized carbons (Fsp3) is 0.278. The smallest absolute Gasteiger partial charge is 0.256 e. The summed E-state index contributed by atoms with van der Waals surface area (Å²) in [6.45, 7) is 2.38. The fourth-order valence-corrected chi connectivity index (χ4v) is 6.01. The van der Waals surface area contributed by atoms with Crippen LogP contribution in [0.5, 0.6) is 0 Å². The number of hydrogen-bond donors (Lipinski definition) is 0. The van der Waals surface area contributed by atoms with Crippen molar-refractivity contribution >= 4 is 31.6 Å². The Kier molecular flexibility index (Phi) is 5.30. The van der Waals surface area contributed by atoms with Gasteiger partial charge in [0.15, 0.2) is 0 Å². The second-order valence-electron chi connectivity index (χ2n) is 6.52. The minimum absolute atomic E-state index is 0.0355. The zero-order valence-corrected chi connectivity index (χ0v) is 16.9. The summed E-state index contributed by atoms with van der Waals surface area (Å²) in [7, 11) is -7.84. The van der Waals surface area contributed by atoms with Crippen LogP contribution in [0.15, 0.2) is 58.3 Å². The molecule has 0 bridgehead atoms. The molecular formula is C18H19FN2O5S2. The molecular weight excluding hydrogens is 407 g/mol. The zero-order chi connectivity index (χ0) is 20.7. The maximum atomic E-state index is 13.0. The van der Waals surface area contributed by atoms with E-state index in [1.807, 2.05) is 6.92 Å². The van der Waals surface area contributed by atoms with E-state index in [4.69, 9.17) is 0 Å². The van der Waals surface area contributed by atoms with Gasteiger partial charge in [0.2, 0.25) is 5.91 Å². The Labute approximate surface area is 163 Å². The molecule has 1 unspecified atom stereocenters. The quantitative estimate of drug-likeness (QED) is 0.731. The molecule has 2 aromatic rings. The summed E-state index contributed by atoms with van der Waals surface area (Å²) in [5.74, 6) is -0.757. The number of rotatable bonds is 5. The third-order valence-corrected chi connectivity index (χ3v) is 8.98. The Hall–Kier alpha value is -2.30. The molecule has 1 atom stereocenters. The van der Waals surface area contributed by atoms with Gasteiger partial charge in [0, 0.05) is 25.2 Å². The highest BCUT2D eigenvalue weighted by molar-refractivity contribution is 8.04. The molecule has 28 heavy (non-hydrogen) atoms. The molecule has 10 heteroatoms. The van der Waals surface area contributed by atoms with Crippen LogP contribution in [0.4, 0.5) is 10.1 Å². The van der Waals surface area contributed by atoms with Crippen molar-refractivity contribution in [1.29, 1.82) is 0 Å². The van der Waals surface area contributed by atoms with Crippen molar-refractivity contribution < 1.29 is 26.0 Å². The largest absolute Gasteiger partial charge is 0.312 e. The van der Waals surface area contributed by atoms with E-state index in [1.165, 1.54) is 24.3 Å². The molecule has 1 aliphatic rings. The van der Waals surface area contributed by atoms with E-state index in [2.05, 4.69) is 0 Å². The number of hydrogen-bond acceptors (Lipinski definition) is 5. The van der Waals surface area contributed by atoms with Gasteiger partial charge in [0.05, 0.1) is 9.79 Å². The zero-order valence-electron chi connectivity index (χ0n) is 15.2. The molecule has 3 rings (SSSR count). The number of halogens is 1. The molecule has 2 aromatic carbocycles. The number of sulfonamides is 2. The van der Waals surface area contributed by atoms with Crippen LogP contribution < -0.4 is 4.90 Å². The van der Waals surface area contributed by atoms with Crippen molar-refractivity contribution in [2.75, 3.05) is 18.5 Å². The summed E-state index contributed by atoms with van der Waals surface area (Å²) in [5.41, 5.74) is 0.553. The van der Waals surface area contributed by atoms with Crippen molar-refractivity contribution in [2.24, 2.45) is 5.92 Å². The van der Waals surface area contributed by atoms with Gasteiger partial charge in [-0.2, -0.15) is 0 Å². The Bertz CT molecular complexity index is 1100. The first-order valence-electron chi connectivity index (χ1n) is 8.46. The normalized spacial score (nSPS) is 18.1. The van der Waals surface area contributed by atoms with E-state index in [9.17, 15) is 26.0 Å². The second-order valence-corrected chi connectivity index (χ2v) is 10.7. The lowest BCUT2D eigenvalue weighted by Crippen LogP contribution is -2.33. The lowest BCUT2D eigenvalue weighted by Gasteiger charge is -2.19. The van der Waals surface area contributed by atoms with Crippen LogP contribution in [0, 0.1) is 11.7 Å². The van der Waals surface area contributed by atoms with Crippen molar-refractivity contribution in [1.82, 2.24) is 3.71 Å².